The summed E-state index contributed by atoms with van der Waals surface area (Å²) in [5, 5.41) is 0. The molecule has 0 spiro atoms. The van der Waals surface area contributed by atoms with Crippen LogP contribution in [-0.4, -0.2) is 36.2 Å². The molecule has 2 heterocycles. The van der Waals surface area contributed by atoms with E-state index in [0.717, 1.165) is 11.3 Å². The number of carbonyl (C=O) groups is 3. The largest absolute Gasteiger partial charge is 0.493 e. The molecule has 0 fully saturated rings. The molecule has 2 aromatic carbocycles. The standard InChI is InChI=1S/C29H26N2O8S/c1-6-13-37-28(35)25-16(2)30-29-31(26(25)20-8-10-21(11-9-20)38-17(3)32)27(34)24(40-29)15-19-7-12-22(39-18(4)33)23(14-19)36-5/h6-12,14-15,26H,1,13H2,2-5H3. The van der Waals surface area contributed by atoms with Crippen LogP contribution in [0.25, 0.3) is 6.08 Å². The summed E-state index contributed by atoms with van der Waals surface area (Å²) < 4.78 is 22.8. The van der Waals surface area contributed by atoms with Crippen LogP contribution in [0.2, 0.25) is 0 Å². The van der Waals surface area contributed by atoms with Gasteiger partial charge in [0.05, 0.1) is 29.0 Å². The Hall–Kier alpha value is -4.77. The van der Waals surface area contributed by atoms with E-state index in [2.05, 4.69) is 11.6 Å². The van der Waals surface area contributed by atoms with E-state index in [1.807, 2.05) is 0 Å². The number of allylic oxidation sites excluding steroid dienone is 1. The van der Waals surface area contributed by atoms with Gasteiger partial charge >= 0.3 is 17.9 Å². The maximum absolute atomic E-state index is 13.8. The first-order chi connectivity index (χ1) is 19.1. The number of thiazole rings is 1. The Morgan fingerprint density at radius 3 is 2.38 bits per heavy atom. The van der Waals surface area contributed by atoms with E-state index >= 15 is 0 Å². The van der Waals surface area contributed by atoms with Crippen molar-refractivity contribution < 1.29 is 33.3 Å². The zero-order chi connectivity index (χ0) is 29.0. The zero-order valence-corrected chi connectivity index (χ0v) is 23.1. The molecule has 0 N–H and O–H groups in total. The lowest BCUT2D eigenvalue weighted by Crippen LogP contribution is -2.39. The molecule has 1 aliphatic rings. The molecular formula is C29H26N2O8S. The van der Waals surface area contributed by atoms with Crippen LogP contribution in [0.1, 0.15) is 37.9 Å². The second-order valence-corrected chi connectivity index (χ2v) is 9.64. The van der Waals surface area contributed by atoms with E-state index < -0.39 is 23.9 Å². The fourth-order valence-corrected chi connectivity index (χ4v) is 5.21. The maximum atomic E-state index is 13.8. The predicted octanol–water partition coefficient (Wildman–Crippen LogP) is 2.82. The summed E-state index contributed by atoms with van der Waals surface area (Å²) >= 11 is 1.16. The summed E-state index contributed by atoms with van der Waals surface area (Å²) in [4.78, 5) is 54.6. The first kappa shape index (κ1) is 28.2. The highest BCUT2D eigenvalue weighted by atomic mass is 32.1. The lowest BCUT2D eigenvalue weighted by atomic mass is 9.96. The maximum Gasteiger partial charge on any atom is 0.338 e. The van der Waals surface area contributed by atoms with E-state index in [1.165, 1.54) is 31.6 Å². The van der Waals surface area contributed by atoms with Crippen LogP contribution < -0.4 is 29.1 Å². The second kappa shape index (κ2) is 12.0. The predicted molar refractivity (Wildman–Crippen MR) is 147 cm³/mol. The quantitative estimate of drug-likeness (QED) is 0.233. The van der Waals surface area contributed by atoms with Gasteiger partial charge in [0.15, 0.2) is 16.3 Å². The van der Waals surface area contributed by atoms with Gasteiger partial charge in [-0.25, -0.2) is 9.79 Å². The van der Waals surface area contributed by atoms with Crippen LogP contribution in [0, 0.1) is 0 Å². The Kier molecular flexibility index (Phi) is 8.44. The number of rotatable bonds is 8. The van der Waals surface area contributed by atoms with Crippen LogP contribution in [-0.2, 0) is 19.1 Å². The average molecular weight is 563 g/mol. The Bertz CT molecular complexity index is 1710. The normalized spacial score (nSPS) is 14.6. The molecule has 3 aromatic rings. The molecule has 40 heavy (non-hydrogen) atoms. The van der Waals surface area contributed by atoms with Crippen molar-refractivity contribution in [3.05, 3.63) is 97.2 Å². The third-order valence-electron chi connectivity index (χ3n) is 5.77. The van der Waals surface area contributed by atoms with Gasteiger partial charge in [0.1, 0.15) is 12.4 Å². The minimum absolute atomic E-state index is 0.0106. The van der Waals surface area contributed by atoms with Crippen molar-refractivity contribution in [2.45, 2.75) is 26.8 Å². The fraction of sp³-hybridized carbons (Fsp3) is 0.207. The molecule has 206 valence electrons. The number of methoxy groups -OCH3 is 1. The van der Waals surface area contributed by atoms with Crippen molar-refractivity contribution in [1.82, 2.24) is 4.57 Å². The number of hydrogen-bond acceptors (Lipinski definition) is 10. The summed E-state index contributed by atoms with van der Waals surface area (Å²) in [5.74, 6) is -0.683. The van der Waals surface area contributed by atoms with Crippen molar-refractivity contribution in [3.63, 3.8) is 0 Å². The van der Waals surface area contributed by atoms with Crippen molar-refractivity contribution in [1.29, 1.82) is 0 Å². The Labute approximate surface area is 233 Å². The molecule has 0 amide bonds. The van der Waals surface area contributed by atoms with Gasteiger partial charge in [0.2, 0.25) is 0 Å². The van der Waals surface area contributed by atoms with Gasteiger partial charge in [0, 0.05) is 13.8 Å². The fourth-order valence-electron chi connectivity index (χ4n) is 4.16. The number of hydrogen-bond donors (Lipinski definition) is 0. The number of benzene rings is 2. The molecule has 0 saturated carbocycles. The van der Waals surface area contributed by atoms with Gasteiger partial charge in [0.25, 0.3) is 5.56 Å². The molecule has 4 rings (SSSR count). The number of nitrogens with zero attached hydrogens (tertiary/aromatic N) is 2. The minimum Gasteiger partial charge on any atom is -0.493 e. The molecule has 1 aliphatic heterocycles. The van der Waals surface area contributed by atoms with Crippen LogP contribution in [0.4, 0.5) is 0 Å². The highest BCUT2D eigenvalue weighted by Crippen LogP contribution is 2.32. The highest BCUT2D eigenvalue weighted by molar-refractivity contribution is 7.07. The average Bonchev–Trinajstić information content (AvgIpc) is 3.21. The van der Waals surface area contributed by atoms with Crippen LogP contribution in [0.15, 0.2) is 76.2 Å². The molecule has 11 heteroatoms. The molecule has 0 aliphatic carbocycles. The lowest BCUT2D eigenvalue weighted by molar-refractivity contribution is -0.138. The molecular weight excluding hydrogens is 536 g/mol. The van der Waals surface area contributed by atoms with Crippen molar-refractivity contribution in [3.8, 4) is 17.2 Å². The smallest absolute Gasteiger partial charge is 0.338 e. The Morgan fingerprint density at radius 1 is 1.05 bits per heavy atom. The van der Waals surface area contributed by atoms with Crippen LogP contribution in [0.3, 0.4) is 0 Å². The number of carbonyl (C=O) groups excluding carboxylic acids is 3. The summed E-state index contributed by atoms with van der Waals surface area (Å²) in [5.41, 5.74) is 1.46. The molecule has 1 unspecified atom stereocenters. The van der Waals surface area contributed by atoms with Crippen LogP contribution >= 0.6 is 11.3 Å². The van der Waals surface area contributed by atoms with E-state index in [-0.39, 0.29) is 23.5 Å². The Morgan fingerprint density at radius 2 is 1.75 bits per heavy atom. The van der Waals surface area contributed by atoms with E-state index in [9.17, 15) is 19.2 Å². The topological polar surface area (TPSA) is 122 Å². The highest BCUT2D eigenvalue weighted by Gasteiger charge is 2.33. The minimum atomic E-state index is -0.844. The SMILES string of the molecule is C=CCOC(=O)C1=C(C)N=c2sc(=Cc3ccc(OC(C)=O)c(OC)c3)c(=O)n2C1c1ccc(OC(C)=O)cc1. The van der Waals surface area contributed by atoms with Gasteiger partial charge < -0.3 is 18.9 Å². The summed E-state index contributed by atoms with van der Waals surface area (Å²) in [6.45, 7) is 7.84. The van der Waals surface area contributed by atoms with E-state index in [0.29, 0.717) is 37.7 Å². The molecule has 0 saturated heterocycles. The summed E-state index contributed by atoms with van der Waals surface area (Å²) in [6, 6.07) is 10.6. The Balaban J connectivity index is 1.86. The van der Waals surface area contributed by atoms with Crippen molar-refractivity contribution in [2.24, 2.45) is 4.99 Å². The molecule has 0 bridgehead atoms. The zero-order valence-electron chi connectivity index (χ0n) is 22.3. The molecule has 1 atom stereocenters. The van der Waals surface area contributed by atoms with Crippen LogP contribution in [0.5, 0.6) is 17.2 Å². The number of fused-ring (bicyclic) bond motifs is 1. The number of esters is 3. The van der Waals surface area contributed by atoms with Gasteiger partial charge in [-0.05, 0) is 48.4 Å². The van der Waals surface area contributed by atoms with Gasteiger partial charge in [-0.2, -0.15) is 0 Å². The van der Waals surface area contributed by atoms with Gasteiger partial charge in [-0.1, -0.05) is 42.2 Å². The molecule has 1 aromatic heterocycles. The molecule has 10 nitrogen and oxygen atoms in total. The summed E-state index contributed by atoms with van der Waals surface area (Å²) in [6.07, 6.45) is 3.12. The molecule has 0 radical (unpaired) electrons. The van der Waals surface area contributed by atoms with Gasteiger partial charge in [-0.15, -0.1) is 0 Å². The number of ether oxygens (including phenoxy) is 4. The van der Waals surface area contributed by atoms with E-state index in [4.69, 9.17) is 18.9 Å². The van der Waals surface area contributed by atoms with Crippen molar-refractivity contribution >= 4 is 35.3 Å². The van der Waals surface area contributed by atoms with Crippen molar-refractivity contribution in [2.75, 3.05) is 13.7 Å². The lowest BCUT2D eigenvalue weighted by Gasteiger charge is -2.24. The first-order valence-corrected chi connectivity index (χ1v) is 12.9. The number of aromatic nitrogens is 1. The second-order valence-electron chi connectivity index (χ2n) is 8.64. The third kappa shape index (κ3) is 5.94. The van der Waals surface area contributed by atoms with Gasteiger partial charge in [-0.3, -0.25) is 19.0 Å². The third-order valence-corrected chi connectivity index (χ3v) is 6.75. The first-order valence-electron chi connectivity index (χ1n) is 12.1. The monoisotopic (exact) mass is 562 g/mol. The summed E-state index contributed by atoms with van der Waals surface area (Å²) in [7, 11) is 1.45. The van der Waals surface area contributed by atoms with E-state index in [1.54, 1.807) is 55.5 Å².